The summed E-state index contributed by atoms with van der Waals surface area (Å²) in [5.41, 5.74) is 5.75. The van der Waals surface area contributed by atoms with Gasteiger partial charge in [0.1, 0.15) is 5.82 Å². The first-order valence-electron chi connectivity index (χ1n) is 4.93. The van der Waals surface area contributed by atoms with Gasteiger partial charge in [0.05, 0.1) is 11.6 Å². The quantitative estimate of drug-likeness (QED) is 0.898. The van der Waals surface area contributed by atoms with E-state index in [9.17, 15) is 9.18 Å². The number of amides is 1. The average Bonchev–Trinajstić information content (AvgIpc) is 2.22. The number of carbonyl (C=O) groups excluding carboxylic acids is 1. The molecular weight excluding hydrogens is 275 g/mol. The number of hydrogen-bond donors (Lipinski definition) is 2. The first-order valence-corrected chi connectivity index (χ1v) is 5.72. The van der Waals surface area contributed by atoms with Gasteiger partial charge in [0.2, 0.25) is 5.91 Å². The van der Waals surface area contributed by atoms with Crippen molar-refractivity contribution in [1.29, 1.82) is 0 Å². The molecular formula is C11H14BrFN2O. The number of anilines is 1. The standard InChI is InChI=1S/C11H14BrFN2O/c1-6(7(2)14)11(16)15-10-5-8(12)3-4-9(10)13/h3-7H,14H2,1-2H3,(H,15,16). The lowest BCUT2D eigenvalue weighted by Crippen LogP contribution is -2.34. The second-order valence-electron chi connectivity index (χ2n) is 3.76. The fraction of sp³-hybridized carbons (Fsp3) is 0.364. The lowest BCUT2D eigenvalue weighted by molar-refractivity contribution is -0.119. The molecule has 1 aromatic carbocycles. The van der Waals surface area contributed by atoms with Gasteiger partial charge in [-0.25, -0.2) is 4.39 Å². The van der Waals surface area contributed by atoms with Gasteiger partial charge in [-0.05, 0) is 25.1 Å². The summed E-state index contributed by atoms with van der Waals surface area (Å²) in [6, 6.07) is 4.10. The van der Waals surface area contributed by atoms with Crippen LogP contribution in [0.5, 0.6) is 0 Å². The summed E-state index contributed by atoms with van der Waals surface area (Å²) in [7, 11) is 0. The van der Waals surface area contributed by atoms with E-state index in [1.54, 1.807) is 19.9 Å². The Balaban J connectivity index is 2.80. The van der Waals surface area contributed by atoms with E-state index in [1.807, 2.05) is 0 Å². The van der Waals surface area contributed by atoms with E-state index in [0.717, 1.165) is 0 Å². The Kier molecular flexibility index (Phi) is 4.44. The predicted octanol–water partition coefficient (Wildman–Crippen LogP) is 2.51. The van der Waals surface area contributed by atoms with E-state index in [-0.39, 0.29) is 23.6 Å². The van der Waals surface area contributed by atoms with Crippen molar-refractivity contribution in [2.45, 2.75) is 19.9 Å². The van der Waals surface area contributed by atoms with Crippen molar-refractivity contribution in [3.63, 3.8) is 0 Å². The summed E-state index contributed by atoms with van der Waals surface area (Å²) >= 11 is 3.21. The van der Waals surface area contributed by atoms with Crippen LogP contribution in [0.4, 0.5) is 10.1 Å². The van der Waals surface area contributed by atoms with E-state index in [1.165, 1.54) is 12.1 Å². The molecule has 1 aromatic rings. The van der Waals surface area contributed by atoms with Crippen molar-refractivity contribution in [2.75, 3.05) is 5.32 Å². The monoisotopic (exact) mass is 288 g/mol. The number of halogens is 2. The number of nitrogens with two attached hydrogens (primary N) is 1. The molecule has 1 amide bonds. The molecule has 0 bridgehead atoms. The number of benzene rings is 1. The van der Waals surface area contributed by atoms with Gasteiger partial charge in [-0.1, -0.05) is 22.9 Å². The largest absolute Gasteiger partial charge is 0.327 e. The molecule has 0 aliphatic heterocycles. The molecule has 0 fully saturated rings. The molecule has 16 heavy (non-hydrogen) atoms. The van der Waals surface area contributed by atoms with Gasteiger partial charge in [-0.3, -0.25) is 4.79 Å². The van der Waals surface area contributed by atoms with Gasteiger partial charge in [0.25, 0.3) is 0 Å². The van der Waals surface area contributed by atoms with Gasteiger partial charge < -0.3 is 11.1 Å². The van der Waals surface area contributed by atoms with Gasteiger partial charge in [0.15, 0.2) is 0 Å². The summed E-state index contributed by atoms with van der Waals surface area (Å²) in [6.07, 6.45) is 0. The third-order valence-electron chi connectivity index (χ3n) is 2.39. The Labute approximate surface area is 102 Å². The minimum atomic E-state index is -0.464. The summed E-state index contributed by atoms with van der Waals surface area (Å²) in [5, 5.41) is 2.51. The van der Waals surface area contributed by atoms with Crippen molar-refractivity contribution in [3.8, 4) is 0 Å². The molecule has 0 saturated heterocycles. The van der Waals surface area contributed by atoms with Crippen LogP contribution in [0.15, 0.2) is 22.7 Å². The van der Waals surface area contributed by atoms with E-state index >= 15 is 0 Å². The topological polar surface area (TPSA) is 55.1 Å². The van der Waals surface area contributed by atoms with E-state index in [0.29, 0.717) is 4.47 Å². The smallest absolute Gasteiger partial charge is 0.228 e. The normalized spacial score (nSPS) is 14.3. The molecule has 0 heterocycles. The Hall–Kier alpha value is -0.940. The minimum Gasteiger partial charge on any atom is -0.327 e. The number of nitrogens with one attached hydrogen (secondary N) is 1. The van der Waals surface area contributed by atoms with Gasteiger partial charge in [0, 0.05) is 10.5 Å². The van der Waals surface area contributed by atoms with Crippen LogP contribution in [0.2, 0.25) is 0 Å². The summed E-state index contributed by atoms with van der Waals surface area (Å²) < 4.78 is 14.0. The maximum absolute atomic E-state index is 13.3. The zero-order chi connectivity index (χ0) is 12.3. The Morgan fingerprint density at radius 2 is 2.12 bits per heavy atom. The van der Waals surface area contributed by atoms with E-state index in [4.69, 9.17) is 5.73 Å². The van der Waals surface area contributed by atoms with E-state index < -0.39 is 5.82 Å². The highest BCUT2D eigenvalue weighted by atomic mass is 79.9. The third kappa shape index (κ3) is 3.28. The fourth-order valence-corrected chi connectivity index (χ4v) is 1.44. The number of carbonyl (C=O) groups is 1. The molecule has 3 nitrogen and oxygen atoms in total. The number of hydrogen-bond acceptors (Lipinski definition) is 2. The second-order valence-corrected chi connectivity index (χ2v) is 4.68. The second kappa shape index (κ2) is 5.41. The van der Waals surface area contributed by atoms with Crippen molar-refractivity contribution >= 4 is 27.5 Å². The van der Waals surface area contributed by atoms with E-state index in [2.05, 4.69) is 21.2 Å². The van der Waals surface area contributed by atoms with Gasteiger partial charge in [-0.15, -0.1) is 0 Å². The summed E-state index contributed by atoms with van der Waals surface area (Å²) in [6.45, 7) is 3.44. The van der Waals surface area contributed by atoms with Crippen LogP contribution in [0.3, 0.4) is 0 Å². The maximum atomic E-state index is 13.3. The highest BCUT2D eigenvalue weighted by Crippen LogP contribution is 2.20. The molecule has 1 rings (SSSR count). The maximum Gasteiger partial charge on any atom is 0.228 e. The molecule has 0 aliphatic rings. The zero-order valence-corrected chi connectivity index (χ0v) is 10.7. The first kappa shape index (κ1) is 13.1. The minimum absolute atomic E-state index is 0.159. The molecule has 0 aromatic heterocycles. The molecule has 0 radical (unpaired) electrons. The molecule has 2 atom stereocenters. The SMILES string of the molecule is CC(N)C(C)C(=O)Nc1cc(Br)ccc1F. The summed E-state index contributed by atoms with van der Waals surface area (Å²) in [5.74, 6) is -1.11. The molecule has 0 saturated carbocycles. The highest BCUT2D eigenvalue weighted by molar-refractivity contribution is 9.10. The van der Waals surface area contributed by atoms with Crippen LogP contribution < -0.4 is 11.1 Å². The van der Waals surface area contributed by atoms with Gasteiger partial charge >= 0.3 is 0 Å². The van der Waals surface area contributed by atoms with Crippen LogP contribution in [-0.4, -0.2) is 11.9 Å². The lowest BCUT2D eigenvalue weighted by Gasteiger charge is -2.15. The molecule has 0 spiro atoms. The van der Waals surface area contributed by atoms with Crippen LogP contribution in [0.25, 0.3) is 0 Å². The van der Waals surface area contributed by atoms with Gasteiger partial charge in [-0.2, -0.15) is 0 Å². The van der Waals surface area contributed by atoms with Crippen molar-refractivity contribution < 1.29 is 9.18 Å². The van der Waals surface area contributed by atoms with Crippen LogP contribution in [0.1, 0.15) is 13.8 Å². The van der Waals surface area contributed by atoms with Crippen molar-refractivity contribution in [2.24, 2.45) is 11.7 Å². The average molecular weight is 289 g/mol. The number of rotatable bonds is 3. The van der Waals surface area contributed by atoms with Crippen LogP contribution in [0, 0.1) is 11.7 Å². The third-order valence-corrected chi connectivity index (χ3v) is 2.88. The fourth-order valence-electron chi connectivity index (χ4n) is 1.08. The molecule has 2 unspecified atom stereocenters. The Morgan fingerprint density at radius 3 is 2.69 bits per heavy atom. The Morgan fingerprint density at radius 1 is 1.50 bits per heavy atom. The van der Waals surface area contributed by atoms with Crippen molar-refractivity contribution in [1.82, 2.24) is 0 Å². The predicted molar refractivity (Wildman–Crippen MR) is 65.5 cm³/mol. The van der Waals surface area contributed by atoms with Crippen LogP contribution in [-0.2, 0) is 4.79 Å². The van der Waals surface area contributed by atoms with Crippen molar-refractivity contribution in [3.05, 3.63) is 28.5 Å². The van der Waals surface area contributed by atoms with Crippen LogP contribution >= 0.6 is 15.9 Å². The zero-order valence-electron chi connectivity index (χ0n) is 9.13. The molecule has 5 heteroatoms. The Bertz CT molecular complexity index is 396. The first-order chi connectivity index (χ1) is 7.41. The summed E-state index contributed by atoms with van der Waals surface area (Å²) in [4.78, 5) is 11.6. The molecule has 0 aliphatic carbocycles. The molecule has 3 N–H and O–H groups in total. The molecule has 88 valence electrons. The lowest BCUT2D eigenvalue weighted by atomic mass is 10.0. The highest BCUT2D eigenvalue weighted by Gasteiger charge is 2.18.